The van der Waals surface area contributed by atoms with Crippen molar-refractivity contribution in [3.05, 3.63) is 90.0 Å². The van der Waals surface area contributed by atoms with Crippen molar-refractivity contribution in [2.45, 2.75) is 38.3 Å². The third-order valence-electron chi connectivity index (χ3n) is 6.42. The second-order valence-electron chi connectivity index (χ2n) is 9.12. The average molecular weight is 479 g/mol. The number of para-hydroxylation sites is 1. The smallest absolute Gasteiger partial charge is 0.224 e. The standard InChI is InChI=1S/C27H30N2O4S/c1-34(31,32)29-23-14-15-27(18-23,26(28)30)17-21-10-7-11-22(16-21)24-12-5-6-13-25(24)33-19-20-8-3-2-4-9-20/h2-13,16,23,29H,14-15,17-19H2,1H3,(H2,28,30)/t23-,27+/m0/s1. The van der Waals surface area contributed by atoms with Gasteiger partial charge in [-0.15, -0.1) is 0 Å². The van der Waals surface area contributed by atoms with Crippen LogP contribution in [0, 0.1) is 5.41 Å². The maximum atomic E-state index is 12.5. The van der Waals surface area contributed by atoms with Gasteiger partial charge in [0.25, 0.3) is 0 Å². The monoisotopic (exact) mass is 478 g/mol. The summed E-state index contributed by atoms with van der Waals surface area (Å²) in [4.78, 5) is 12.5. The highest BCUT2D eigenvalue weighted by Gasteiger charge is 2.44. The molecule has 3 aromatic carbocycles. The van der Waals surface area contributed by atoms with E-state index >= 15 is 0 Å². The Labute approximate surface area is 201 Å². The first kappa shape index (κ1) is 24.0. The summed E-state index contributed by atoms with van der Waals surface area (Å²) in [5.74, 6) is 0.397. The van der Waals surface area contributed by atoms with E-state index in [1.54, 1.807) is 0 Å². The lowest BCUT2D eigenvalue weighted by atomic mass is 9.78. The van der Waals surface area contributed by atoms with Gasteiger partial charge in [0.2, 0.25) is 15.9 Å². The van der Waals surface area contributed by atoms with Crippen molar-refractivity contribution in [2.75, 3.05) is 6.26 Å². The molecule has 178 valence electrons. The van der Waals surface area contributed by atoms with E-state index < -0.39 is 15.4 Å². The summed E-state index contributed by atoms with van der Waals surface area (Å²) >= 11 is 0. The molecule has 4 rings (SSSR count). The number of carbonyl (C=O) groups excluding carboxylic acids is 1. The van der Waals surface area contributed by atoms with Crippen LogP contribution in [-0.4, -0.2) is 26.6 Å². The molecular weight excluding hydrogens is 448 g/mol. The quantitative estimate of drug-likeness (QED) is 0.485. The molecule has 0 heterocycles. The van der Waals surface area contributed by atoms with Crippen LogP contribution in [0.3, 0.4) is 0 Å². The van der Waals surface area contributed by atoms with Crippen molar-refractivity contribution in [3.63, 3.8) is 0 Å². The predicted molar refractivity (Wildman–Crippen MR) is 134 cm³/mol. The second-order valence-corrected chi connectivity index (χ2v) is 10.9. The van der Waals surface area contributed by atoms with Crippen LogP contribution in [-0.2, 0) is 27.8 Å². The molecule has 0 aliphatic heterocycles. The zero-order valence-electron chi connectivity index (χ0n) is 19.2. The topological polar surface area (TPSA) is 98.5 Å². The zero-order valence-corrected chi connectivity index (χ0v) is 20.1. The molecule has 1 fully saturated rings. The number of primary amides is 1. The Bertz CT molecular complexity index is 1260. The third kappa shape index (κ3) is 5.85. The minimum atomic E-state index is -3.35. The largest absolute Gasteiger partial charge is 0.488 e. The summed E-state index contributed by atoms with van der Waals surface area (Å²) < 4.78 is 32.1. The van der Waals surface area contributed by atoms with Gasteiger partial charge in [0.1, 0.15) is 12.4 Å². The lowest BCUT2D eigenvalue weighted by molar-refractivity contribution is -0.127. The first-order valence-electron chi connectivity index (χ1n) is 11.4. The first-order valence-corrected chi connectivity index (χ1v) is 13.3. The van der Waals surface area contributed by atoms with Crippen molar-refractivity contribution >= 4 is 15.9 Å². The number of nitrogens with two attached hydrogens (primary N) is 1. The molecule has 7 heteroatoms. The number of sulfonamides is 1. The van der Waals surface area contributed by atoms with Gasteiger partial charge in [-0.1, -0.05) is 72.8 Å². The molecule has 0 aromatic heterocycles. The third-order valence-corrected chi connectivity index (χ3v) is 7.18. The summed E-state index contributed by atoms with van der Waals surface area (Å²) in [5.41, 5.74) is 9.10. The number of rotatable bonds is 9. The van der Waals surface area contributed by atoms with Crippen LogP contribution in [0.2, 0.25) is 0 Å². The first-order chi connectivity index (χ1) is 16.2. The number of ether oxygens (including phenoxy) is 1. The fraction of sp³-hybridized carbons (Fsp3) is 0.296. The molecule has 0 saturated heterocycles. The maximum absolute atomic E-state index is 12.5. The van der Waals surface area contributed by atoms with Gasteiger partial charge in [0.15, 0.2) is 0 Å². The molecule has 2 atom stereocenters. The van der Waals surface area contributed by atoms with Gasteiger partial charge in [0.05, 0.1) is 11.7 Å². The van der Waals surface area contributed by atoms with Gasteiger partial charge < -0.3 is 10.5 Å². The van der Waals surface area contributed by atoms with Crippen LogP contribution in [0.25, 0.3) is 11.1 Å². The second kappa shape index (κ2) is 9.99. The highest BCUT2D eigenvalue weighted by Crippen LogP contribution is 2.42. The van der Waals surface area contributed by atoms with E-state index in [1.807, 2.05) is 72.8 Å². The Kier molecular flexibility index (Phi) is 7.05. The van der Waals surface area contributed by atoms with Crippen LogP contribution in [0.4, 0.5) is 0 Å². The number of hydrogen-bond acceptors (Lipinski definition) is 4. The molecule has 0 bridgehead atoms. The number of benzene rings is 3. The van der Waals surface area contributed by atoms with E-state index in [4.69, 9.17) is 10.5 Å². The molecule has 3 aromatic rings. The van der Waals surface area contributed by atoms with E-state index in [0.717, 1.165) is 34.3 Å². The van der Waals surface area contributed by atoms with Gasteiger partial charge in [-0.25, -0.2) is 13.1 Å². The molecule has 1 aliphatic rings. The number of carbonyl (C=O) groups is 1. The summed E-state index contributed by atoms with van der Waals surface area (Å²) in [6.07, 6.45) is 3.14. The minimum Gasteiger partial charge on any atom is -0.488 e. The number of hydrogen-bond donors (Lipinski definition) is 2. The van der Waals surface area contributed by atoms with Gasteiger partial charge in [-0.05, 0) is 48.4 Å². The molecule has 1 amide bonds. The van der Waals surface area contributed by atoms with Gasteiger partial charge in [0, 0.05) is 11.6 Å². The summed E-state index contributed by atoms with van der Waals surface area (Å²) in [5, 5.41) is 0. The van der Waals surface area contributed by atoms with Crippen LogP contribution < -0.4 is 15.2 Å². The number of nitrogens with one attached hydrogen (secondary N) is 1. The molecule has 6 nitrogen and oxygen atoms in total. The maximum Gasteiger partial charge on any atom is 0.224 e. The van der Waals surface area contributed by atoms with Gasteiger partial charge >= 0.3 is 0 Å². The Morgan fingerprint density at radius 3 is 2.47 bits per heavy atom. The van der Waals surface area contributed by atoms with E-state index in [1.165, 1.54) is 0 Å². The predicted octanol–water partition coefficient (Wildman–Crippen LogP) is 4.05. The summed E-state index contributed by atoms with van der Waals surface area (Å²) in [6, 6.07) is 25.7. The molecule has 0 unspecified atom stereocenters. The highest BCUT2D eigenvalue weighted by molar-refractivity contribution is 7.88. The molecule has 3 N–H and O–H groups in total. The minimum absolute atomic E-state index is 0.280. The lowest BCUT2D eigenvalue weighted by Crippen LogP contribution is -2.40. The van der Waals surface area contributed by atoms with Crippen molar-refractivity contribution < 1.29 is 17.9 Å². The Morgan fingerprint density at radius 2 is 1.74 bits per heavy atom. The van der Waals surface area contributed by atoms with Crippen LogP contribution in [0.1, 0.15) is 30.4 Å². The molecule has 1 aliphatic carbocycles. The van der Waals surface area contributed by atoms with E-state index in [-0.39, 0.29) is 11.9 Å². The van der Waals surface area contributed by atoms with Crippen molar-refractivity contribution in [1.82, 2.24) is 4.72 Å². The Balaban J connectivity index is 1.55. The van der Waals surface area contributed by atoms with E-state index in [0.29, 0.717) is 32.3 Å². The van der Waals surface area contributed by atoms with E-state index in [2.05, 4.69) is 10.8 Å². The number of amides is 1. The van der Waals surface area contributed by atoms with Crippen molar-refractivity contribution in [2.24, 2.45) is 11.1 Å². The molecule has 1 saturated carbocycles. The SMILES string of the molecule is CS(=O)(=O)N[C@H]1CC[C@](Cc2cccc(-c3ccccc3OCc3ccccc3)c2)(C(N)=O)C1. The normalized spacial score (nSPS) is 20.2. The molecule has 0 radical (unpaired) electrons. The fourth-order valence-electron chi connectivity index (χ4n) is 4.81. The summed E-state index contributed by atoms with van der Waals surface area (Å²) in [6.45, 7) is 0.469. The molecular formula is C27H30N2O4S. The molecule has 34 heavy (non-hydrogen) atoms. The van der Waals surface area contributed by atoms with Crippen LogP contribution >= 0.6 is 0 Å². The average Bonchev–Trinajstić information content (AvgIpc) is 3.21. The van der Waals surface area contributed by atoms with E-state index in [9.17, 15) is 13.2 Å². The van der Waals surface area contributed by atoms with Crippen molar-refractivity contribution in [3.8, 4) is 16.9 Å². The van der Waals surface area contributed by atoms with Crippen LogP contribution in [0.5, 0.6) is 5.75 Å². The van der Waals surface area contributed by atoms with Gasteiger partial charge in [-0.2, -0.15) is 0 Å². The lowest BCUT2D eigenvalue weighted by Gasteiger charge is -2.26. The molecule has 0 spiro atoms. The fourth-order valence-corrected chi connectivity index (χ4v) is 5.61. The summed E-state index contributed by atoms with van der Waals surface area (Å²) in [7, 11) is -3.35. The Morgan fingerprint density at radius 1 is 1.03 bits per heavy atom. The van der Waals surface area contributed by atoms with Crippen LogP contribution in [0.15, 0.2) is 78.9 Å². The van der Waals surface area contributed by atoms with Crippen molar-refractivity contribution in [1.29, 1.82) is 0 Å². The highest BCUT2D eigenvalue weighted by atomic mass is 32.2. The Hall–Kier alpha value is -3.16. The van der Waals surface area contributed by atoms with Gasteiger partial charge in [-0.3, -0.25) is 4.79 Å². The zero-order chi connectivity index (χ0) is 24.2.